The molecule has 0 aromatic rings. The molecule has 0 bridgehead atoms. The van der Waals surface area contributed by atoms with Crippen molar-refractivity contribution >= 4 is 17.5 Å². The third kappa shape index (κ3) is 4.89. The van der Waals surface area contributed by atoms with Crippen molar-refractivity contribution in [3.63, 3.8) is 0 Å². The molecule has 2 N–H and O–H groups in total. The van der Waals surface area contributed by atoms with Crippen LogP contribution in [0.15, 0.2) is 46.6 Å². The van der Waals surface area contributed by atoms with Crippen molar-refractivity contribution in [2.24, 2.45) is 29.1 Å². The van der Waals surface area contributed by atoms with Crippen LogP contribution in [0, 0.1) is 29.1 Å². The molecular weight excluding hydrogens is 380 g/mol. The fourth-order valence-corrected chi connectivity index (χ4v) is 4.84. The van der Waals surface area contributed by atoms with E-state index in [1.54, 1.807) is 13.8 Å². The van der Waals surface area contributed by atoms with Crippen molar-refractivity contribution in [1.29, 1.82) is 0 Å². The number of aliphatic carboxylic acids is 1. The number of carbonyl (C=O) groups excluding carboxylic acids is 2. The molecule has 0 unspecified atom stereocenters. The maximum absolute atomic E-state index is 12.8. The number of carboxylic acids is 1. The summed E-state index contributed by atoms with van der Waals surface area (Å²) in [5.74, 6) is -1.10. The van der Waals surface area contributed by atoms with E-state index in [2.05, 4.69) is 6.08 Å². The molecule has 0 aromatic heterocycles. The van der Waals surface area contributed by atoms with Gasteiger partial charge in [0.1, 0.15) is 11.6 Å². The van der Waals surface area contributed by atoms with Crippen LogP contribution in [-0.2, 0) is 14.4 Å². The van der Waals surface area contributed by atoms with E-state index in [9.17, 15) is 19.5 Å². The highest BCUT2D eigenvalue weighted by Gasteiger charge is 2.43. The number of aliphatic hydroxyl groups excluding tert-OH is 1. The van der Waals surface area contributed by atoms with Gasteiger partial charge in [-0.1, -0.05) is 61.3 Å². The normalized spacial score (nSPS) is 29.5. The summed E-state index contributed by atoms with van der Waals surface area (Å²) >= 11 is 0. The second-order valence-corrected chi connectivity index (χ2v) is 9.25. The Morgan fingerprint density at radius 2 is 1.90 bits per heavy atom. The number of ketones is 2. The Morgan fingerprint density at radius 1 is 1.27 bits per heavy atom. The van der Waals surface area contributed by atoms with Gasteiger partial charge in [-0.25, -0.2) is 4.79 Å². The average Bonchev–Trinajstić information content (AvgIpc) is 2.66. The molecule has 0 aliphatic heterocycles. The Balaban J connectivity index is 2.60. The highest BCUT2D eigenvalue weighted by Crippen LogP contribution is 2.48. The quantitative estimate of drug-likeness (QED) is 0.479. The second kappa shape index (κ2) is 9.25. The highest BCUT2D eigenvalue weighted by molar-refractivity contribution is 5.86. The highest BCUT2D eigenvalue weighted by atomic mass is 16.4. The first-order valence-electron chi connectivity index (χ1n) is 10.6. The molecule has 2 rings (SSSR count). The smallest absolute Gasteiger partial charge is 0.328 e. The van der Waals surface area contributed by atoms with Crippen LogP contribution >= 0.6 is 0 Å². The van der Waals surface area contributed by atoms with Gasteiger partial charge in [-0.3, -0.25) is 9.59 Å². The minimum atomic E-state index is -1.07. The number of carboxylic acid groups (broad SMARTS) is 1. The van der Waals surface area contributed by atoms with E-state index in [1.165, 1.54) is 11.6 Å². The summed E-state index contributed by atoms with van der Waals surface area (Å²) in [6.45, 7) is 10.9. The Kier molecular flexibility index (Phi) is 7.40. The van der Waals surface area contributed by atoms with Crippen molar-refractivity contribution in [1.82, 2.24) is 0 Å². The number of carbonyl (C=O) groups is 3. The molecule has 0 amide bonds. The van der Waals surface area contributed by atoms with Gasteiger partial charge in [0.05, 0.1) is 6.61 Å². The molecule has 0 heterocycles. The lowest BCUT2D eigenvalue weighted by atomic mass is 9.60. The van der Waals surface area contributed by atoms with Crippen molar-refractivity contribution in [2.75, 3.05) is 6.61 Å². The van der Waals surface area contributed by atoms with Crippen molar-refractivity contribution < 1.29 is 24.6 Å². The van der Waals surface area contributed by atoms with Crippen molar-refractivity contribution in [3.05, 3.63) is 46.6 Å². The van der Waals surface area contributed by atoms with Crippen molar-refractivity contribution in [3.8, 4) is 0 Å². The number of fused-ring (bicyclic) bond motifs is 1. The average molecular weight is 415 g/mol. The fraction of sp³-hybridized carbons (Fsp3) is 0.560. The number of Topliss-reactive ketones (excluding diaryl/α,β-unsaturated/α-hetero) is 2. The first-order chi connectivity index (χ1) is 13.9. The minimum Gasteiger partial charge on any atom is -0.478 e. The summed E-state index contributed by atoms with van der Waals surface area (Å²) in [6.07, 6.45) is 7.78. The molecule has 1 saturated carbocycles. The van der Waals surface area contributed by atoms with Crippen LogP contribution in [0.3, 0.4) is 0 Å². The van der Waals surface area contributed by atoms with Gasteiger partial charge in [0, 0.05) is 35.7 Å². The summed E-state index contributed by atoms with van der Waals surface area (Å²) in [6, 6.07) is 0. The second-order valence-electron chi connectivity index (χ2n) is 9.25. The van der Waals surface area contributed by atoms with Gasteiger partial charge in [-0.15, -0.1) is 0 Å². The number of aliphatic hydroxyl groups is 1. The van der Waals surface area contributed by atoms with Crippen LogP contribution in [0.5, 0.6) is 0 Å². The van der Waals surface area contributed by atoms with E-state index in [-0.39, 0.29) is 41.8 Å². The van der Waals surface area contributed by atoms with Gasteiger partial charge in [0.25, 0.3) is 0 Å². The largest absolute Gasteiger partial charge is 0.478 e. The predicted octanol–water partition coefficient (Wildman–Crippen LogP) is 4.29. The lowest BCUT2D eigenvalue weighted by Gasteiger charge is -2.43. The first-order valence-corrected chi connectivity index (χ1v) is 10.6. The van der Waals surface area contributed by atoms with E-state index < -0.39 is 11.4 Å². The van der Waals surface area contributed by atoms with E-state index >= 15 is 0 Å². The monoisotopic (exact) mass is 414 g/mol. The minimum absolute atomic E-state index is 0.0170. The summed E-state index contributed by atoms with van der Waals surface area (Å²) in [4.78, 5) is 35.8. The lowest BCUT2D eigenvalue weighted by molar-refractivity contribution is -0.131. The van der Waals surface area contributed by atoms with Gasteiger partial charge in [0.2, 0.25) is 0 Å². The summed E-state index contributed by atoms with van der Waals surface area (Å²) in [5.41, 5.74) is 3.28. The summed E-state index contributed by atoms with van der Waals surface area (Å²) in [7, 11) is 0. The number of allylic oxidation sites excluding steroid dienone is 5. The van der Waals surface area contributed by atoms with E-state index in [1.807, 2.05) is 33.8 Å². The lowest BCUT2D eigenvalue weighted by Crippen LogP contribution is -2.40. The maximum atomic E-state index is 12.8. The number of hydrogen-bond donors (Lipinski definition) is 2. The van der Waals surface area contributed by atoms with Crippen molar-refractivity contribution in [2.45, 2.75) is 54.4 Å². The molecular formula is C25H34O5. The zero-order valence-electron chi connectivity index (χ0n) is 18.9. The molecule has 0 aromatic carbocycles. The Bertz CT molecular complexity index is 857. The van der Waals surface area contributed by atoms with Gasteiger partial charge < -0.3 is 10.2 Å². The molecule has 0 spiro atoms. The standard InChI is InChI=1S/C25H34O5/c1-14-9-19-10-15(2)24(30)18(5)23(19)21(20(14)12-17(4)27)11-16(3)25(6,13-26)8-7-22(28)29/h7-9,11,15,18,21,23,26H,10,12-13H2,1-6H3,(H,28,29)/b8-7+,16-11+/t15-,18+,21+,23+,25+/m0/s1. The molecule has 0 radical (unpaired) electrons. The maximum Gasteiger partial charge on any atom is 0.328 e. The fourth-order valence-electron chi connectivity index (χ4n) is 4.84. The van der Waals surface area contributed by atoms with Crippen LogP contribution in [0.2, 0.25) is 0 Å². The van der Waals surface area contributed by atoms with Gasteiger partial charge in [0.15, 0.2) is 0 Å². The zero-order valence-corrected chi connectivity index (χ0v) is 18.9. The molecule has 5 atom stereocenters. The third-order valence-corrected chi connectivity index (χ3v) is 6.83. The summed E-state index contributed by atoms with van der Waals surface area (Å²) in [5, 5.41) is 19.0. The van der Waals surface area contributed by atoms with Crippen LogP contribution in [-0.4, -0.2) is 34.4 Å². The SMILES string of the molecule is CC(=O)CC1=C(C)C=C2C[C@H](C)C(=O)[C@H](C)[C@H]2[C@@H]1/C=C(\C)[C@](C)(/C=C/C(=O)O)CO. The van der Waals surface area contributed by atoms with E-state index in [4.69, 9.17) is 5.11 Å². The molecule has 2 aliphatic carbocycles. The molecule has 0 saturated heterocycles. The first kappa shape index (κ1) is 24.0. The van der Waals surface area contributed by atoms with Crippen LogP contribution < -0.4 is 0 Å². The zero-order chi connectivity index (χ0) is 22.8. The third-order valence-electron chi connectivity index (χ3n) is 6.83. The molecule has 2 aliphatic rings. The van der Waals surface area contributed by atoms with Gasteiger partial charge in [-0.05, 0) is 33.1 Å². The molecule has 30 heavy (non-hydrogen) atoms. The summed E-state index contributed by atoms with van der Waals surface area (Å²) < 4.78 is 0. The molecule has 1 fully saturated rings. The van der Waals surface area contributed by atoms with E-state index in [0.717, 1.165) is 29.2 Å². The van der Waals surface area contributed by atoms with E-state index in [0.29, 0.717) is 6.42 Å². The Hall–Kier alpha value is -2.27. The number of rotatable bonds is 7. The van der Waals surface area contributed by atoms with Gasteiger partial charge >= 0.3 is 5.97 Å². The van der Waals surface area contributed by atoms with Crippen LogP contribution in [0.4, 0.5) is 0 Å². The molecule has 5 nitrogen and oxygen atoms in total. The van der Waals surface area contributed by atoms with Crippen LogP contribution in [0.1, 0.15) is 54.4 Å². The number of hydrogen-bond acceptors (Lipinski definition) is 4. The Morgan fingerprint density at radius 3 is 2.43 bits per heavy atom. The molecule has 164 valence electrons. The van der Waals surface area contributed by atoms with Crippen LogP contribution in [0.25, 0.3) is 0 Å². The van der Waals surface area contributed by atoms with Gasteiger partial charge in [-0.2, -0.15) is 0 Å². The topological polar surface area (TPSA) is 91.7 Å². The molecule has 5 heteroatoms. The predicted molar refractivity (Wildman–Crippen MR) is 117 cm³/mol. The Labute approximate surface area is 179 Å².